The van der Waals surface area contributed by atoms with Gasteiger partial charge in [-0.2, -0.15) is 0 Å². The molecular weight excluding hydrogens is 294 g/mol. The van der Waals surface area contributed by atoms with Crippen LogP contribution in [0.15, 0.2) is 0 Å². The Morgan fingerprint density at radius 1 is 1.50 bits per heavy atom. The first-order valence-electron chi connectivity index (χ1n) is 6.87. The molecular formula is C14H24BrNO2. The van der Waals surface area contributed by atoms with Gasteiger partial charge in [-0.25, -0.2) is 4.79 Å². The van der Waals surface area contributed by atoms with Gasteiger partial charge in [0.15, 0.2) is 0 Å². The number of carbonyl (C=O) groups excluding carboxylic acids is 1. The van der Waals surface area contributed by atoms with Crippen molar-refractivity contribution < 1.29 is 9.53 Å². The van der Waals surface area contributed by atoms with E-state index in [2.05, 4.69) is 36.7 Å². The highest BCUT2D eigenvalue weighted by Crippen LogP contribution is 2.40. The van der Waals surface area contributed by atoms with Gasteiger partial charge in [-0.3, -0.25) is 0 Å². The molecule has 18 heavy (non-hydrogen) atoms. The summed E-state index contributed by atoms with van der Waals surface area (Å²) in [5, 5.41) is 1.02. The first kappa shape index (κ1) is 14.2. The molecule has 1 aliphatic carbocycles. The van der Waals surface area contributed by atoms with Gasteiger partial charge in [0.2, 0.25) is 0 Å². The predicted molar refractivity (Wildman–Crippen MR) is 76.0 cm³/mol. The average Bonchev–Trinajstić information content (AvgIpc) is 2.52. The summed E-state index contributed by atoms with van der Waals surface area (Å²) in [6.07, 6.45) is 4.37. The maximum atomic E-state index is 12.0. The zero-order valence-corrected chi connectivity index (χ0v) is 13.3. The van der Waals surface area contributed by atoms with Crippen LogP contribution in [-0.2, 0) is 4.74 Å². The van der Waals surface area contributed by atoms with Crippen molar-refractivity contribution in [2.24, 2.45) is 11.3 Å². The molecule has 1 heterocycles. The number of carbonyl (C=O) groups is 1. The highest BCUT2D eigenvalue weighted by Gasteiger charge is 2.48. The molecule has 0 aromatic carbocycles. The smallest absolute Gasteiger partial charge is 0.410 e. The molecule has 1 saturated heterocycles. The molecule has 4 heteroatoms. The third kappa shape index (κ3) is 3.19. The molecule has 0 aromatic rings. The lowest BCUT2D eigenvalue weighted by molar-refractivity contribution is 0.0110. The first-order chi connectivity index (χ1) is 8.34. The van der Waals surface area contributed by atoms with E-state index >= 15 is 0 Å². The second kappa shape index (κ2) is 5.03. The second-order valence-electron chi connectivity index (χ2n) is 7.08. The van der Waals surface area contributed by atoms with Crippen molar-refractivity contribution in [1.82, 2.24) is 4.90 Å². The SMILES string of the molecule is CC(C)(C)CN1C[C@@]2(CCC[C@H](CBr)C2)OC1=O. The zero-order valence-electron chi connectivity index (χ0n) is 11.7. The monoisotopic (exact) mass is 317 g/mol. The predicted octanol–water partition coefficient (Wildman–Crippen LogP) is 3.81. The molecule has 0 radical (unpaired) electrons. The molecule has 2 atom stereocenters. The lowest BCUT2D eigenvalue weighted by Crippen LogP contribution is -2.41. The molecule has 3 nitrogen and oxygen atoms in total. The average molecular weight is 318 g/mol. The van der Waals surface area contributed by atoms with Crippen LogP contribution in [0.1, 0.15) is 46.5 Å². The normalized spacial score (nSPS) is 33.0. The Kier molecular flexibility index (Phi) is 3.96. The van der Waals surface area contributed by atoms with Crippen LogP contribution >= 0.6 is 15.9 Å². The maximum Gasteiger partial charge on any atom is 0.410 e. The lowest BCUT2D eigenvalue weighted by Gasteiger charge is -2.35. The highest BCUT2D eigenvalue weighted by molar-refractivity contribution is 9.09. The van der Waals surface area contributed by atoms with E-state index in [9.17, 15) is 4.79 Å². The third-order valence-corrected chi connectivity index (χ3v) is 4.75. The van der Waals surface area contributed by atoms with Gasteiger partial charge in [0.25, 0.3) is 0 Å². The summed E-state index contributed by atoms with van der Waals surface area (Å²) in [5.74, 6) is 0.654. The number of amides is 1. The van der Waals surface area contributed by atoms with Gasteiger partial charge in [0, 0.05) is 11.9 Å². The van der Waals surface area contributed by atoms with Crippen LogP contribution in [0.25, 0.3) is 0 Å². The Morgan fingerprint density at radius 3 is 2.83 bits per heavy atom. The zero-order chi connectivity index (χ0) is 13.4. The number of ether oxygens (including phenoxy) is 1. The number of rotatable bonds is 2. The van der Waals surface area contributed by atoms with Crippen molar-refractivity contribution in [2.45, 2.75) is 52.1 Å². The lowest BCUT2D eigenvalue weighted by atomic mass is 9.79. The van der Waals surface area contributed by atoms with Gasteiger partial charge >= 0.3 is 6.09 Å². The Balaban J connectivity index is 2.02. The first-order valence-corrected chi connectivity index (χ1v) is 8.00. The summed E-state index contributed by atoms with van der Waals surface area (Å²) < 4.78 is 5.75. The van der Waals surface area contributed by atoms with Gasteiger partial charge in [0.05, 0.1) is 6.54 Å². The Morgan fingerprint density at radius 2 is 2.22 bits per heavy atom. The summed E-state index contributed by atoms with van der Waals surface area (Å²) in [6, 6.07) is 0. The number of hydrogen-bond donors (Lipinski definition) is 0. The fraction of sp³-hybridized carbons (Fsp3) is 0.929. The van der Waals surface area contributed by atoms with E-state index in [0.29, 0.717) is 5.92 Å². The summed E-state index contributed by atoms with van der Waals surface area (Å²) in [5.41, 5.74) is -0.0624. The summed E-state index contributed by atoms with van der Waals surface area (Å²) >= 11 is 3.57. The van der Waals surface area contributed by atoms with E-state index in [1.54, 1.807) is 0 Å². The quantitative estimate of drug-likeness (QED) is 0.725. The van der Waals surface area contributed by atoms with Crippen molar-refractivity contribution in [3.05, 3.63) is 0 Å². The molecule has 2 aliphatic rings. The number of nitrogens with zero attached hydrogens (tertiary/aromatic N) is 1. The van der Waals surface area contributed by atoms with E-state index in [1.807, 2.05) is 4.90 Å². The number of hydrogen-bond acceptors (Lipinski definition) is 2. The summed E-state index contributed by atoms with van der Waals surface area (Å²) in [4.78, 5) is 13.9. The van der Waals surface area contributed by atoms with Crippen molar-refractivity contribution >= 4 is 22.0 Å². The molecule has 0 bridgehead atoms. The molecule has 0 aromatic heterocycles. The van der Waals surface area contributed by atoms with Crippen LogP contribution in [0.3, 0.4) is 0 Å². The highest BCUT2D eigenvalue weighted by atomic mass is 79.9. The molecule has 1 amide bonds. The van der Waals surface area contributed by atoms with Crippen molar-refractivity contribution in [3.8, 4) is 0 Å². The molecule has 1 spiro atoms. The third-order valence-electron chi connectivity index (χ3n) is 3.83. The van der Waals surface area contributed by atoms with Crippen LogP contribution in [0.2, 0.25) is 0 Å². The van der Waals surface area contributed by atoms with Crippen molar-refractivity contribution in [2.75, 3.05) is 18.4 Å². The van der Waals surface area contributed by atoms with Crippen molar-refractivity contribution in [3.63, 3.8) is 0 Å². The topological polar surface area (TPSA) is 29.5 Å². The van der Waals surface area contributed by atoms with Gasteiger partial charge < -0.3 is 9.64 Å². The summed E-state index contributed by atoms with van der Waals surface area (Å²) in [6.45, 7) is 8.05. The molecule has 1 aliphatic heterocycles. The Bertz CT molecular complexity index is 326. The van der Waals surface area contributed by atoms with Crippen molar-refractivity contribution in [1.29, 1.82) is 0 Å². The van der Waals surface area contributed by atoms with E-state index in [4.69, 9.17) is 4.74 Å². The minimum atomic E-state index is -0.195. The number of alkyl halides is 1. The molecule has 104 valence electrons. The molecule has 2 fully saturated rings. The molecule has 0 unspecified atom stereocenters. The van der Waals surface area contributed by atoms with E-state index in [1.165, 1.54) is 12.8 Å². The largest absolute Gasteiger partial charge is 0.441 e. The second-order valence-corrected chi connectivity index (χ2v) is 7.73. The Labute approximate surface area is 118 Å². The van der Waals surface area contributed by atoms with E-state index in [0.717, 1.165) is 31.3 Å². The molecule has 0 N–H and O–H groups in total. The number of halogens is 1. The van der Waals surface area contributed by atoms with Crippen LogP contribution < -0.4 is 0 Å². The Hall–Kier alpha value is -0.250. The van der Waals surface area contributed by atoms with Crippen LogP contribution in [0.5, 0.6) is 0 Å². The van der Waals surface area contributed by atoms with Gasteiger partial charge in [-0.05, 0) is 37.0 Å². The molecule has 2 rings (SSSR count). The fourth-order valence-electron chi connectivity index (χ4n) is 3.20. The van der Waals surface area contributed by atoms with E-state index in [-0.39, 0.29) is 17.1 Å². The van der Waals surface area contributed by atoms with Crippen LogP contribution in [0, 0.1) is 11.3 Å². The van der Waals surface area contributed by atoms with Crippen LogP contribution in [-0.4, -0.2) is 35.0 Å². The van der Waals surface area contributed by atoms with Gasteiger partial charge in [0.1, 0.15) is 5.60 Å². The minimum absolute atomic E-state index is 0.111. The van der Waals surface area contributed by atoms with Gasteiger partial charge in [-0.1, -0.05) is 36.7 Å². The van der Waals surface area contributed by atoms with Gasteiger partial charge in [-0.15, -0.1) is 0 Å². The summed E-state index contributed by atoms with van der Waals surface area (Å²) in [7, 11) is 0. The maximum absolute atomic E-state index is 12.0. The van der Waals surface area contributed by atoms with E-state index < -0.39 is 0 Å². The standard InChI is InChI=1S/C14H24BrNO2/c1-13(2,3)9-16-10-14(18-12(16)17)6-4-5-11(7-14)8-15/h11H,4-10H2,1-3H3/t11-,14-/m0/s1. The molecule has 1 saturated carbocycles. The fourth-order valence-corrected chi connectivity index (χ4v) is 3.75. The van der Waals surface area contributed by atoms with Crippen LogP contribution in [0.4, 0.5) is 4.79 Å². The minimum Gasteiger partial charge on any atom is -0.441 e.